The third-order valence-electron chi connectivity index (χ3n) is 5.05. The lowest BCUT2D eigenvalue weighted by atomic mass is 10.3. The normalized spacial score (nSPS) is 11.4. The van der Waals surface area contributed by atoms with Gasteiger partial charge in [-0.15, -0.1) is 11.3 Å². The molecule has 3 heteroatoms. The Morgan fingerprint density at radius 3 is 1.45 bits per heavy atom. The lowest BCUT2D eigenvalue weighted by molar-refractivity contribution is 1.65. The van der Waals surface area contributed by atoms with Crippen molar-refractivity contribution in [1.29, 1.82) is 0 Å². The molecule has 0 aliphatic heterocycles. The van der Waals surface area contributed by atoms with Gasteiger partial charge in [-0.1, -0.05) is 109 Å². The van der Waals surface area contributed by atoms with E-state index in [-0.39, 0.29) is 0 Å². The number of thiophene rings is 1. The lowest BCUT2D eigenvalue weighted by Crippen LogP contribution is -2.25. The summed E-state index contributed by atoms with van der Waals surface area (Å²) in [5.74, 6) is 0. The molecule has 1 aromatic heterocycles. The van der Waals surface area contributed by atoms with Crippen molar-refractivity contribution in [3.63, 3.8) is 0 Å². The maximum absolute atomic E-state index is 5.57. The first kappa shape index (κ1) is 18.1. The summed E-state index contributed by atoms with van der Waals surface area (Å²) in [7, 11) is -2.20. The molecule has 0 unspecified atom stereocenters. The van der Waals surface area contributed by atoms with Gasteiger partial charge in [-0.05, 0) is 17.5 Å². The van der Waals surface area contributed by atoms with Gasteiger partial charge in [-0.25, -0.2) is 4.74 Å². The molecule has 0 saturated carbocycles. The number of fused-ring (bicyclic) bond motifs is 1. The van der Waals surface area contributed by atoms with Crippen molar-refractivity contribution in [3.05, 3.63) is 121 Å². The summed E-state index contributed by atoms with van der Waals surface area (Å²) in [6, 6.07) is 43.1. The van der Waals surface area contributed by atoms with Crippen LogP contribution in [0.25, 0.3) is 10.1 Å². The molecule has 0 bridgehead atoms. The second kappa shape index (κ2) is 7.83. The molecule has 0 saturated heterocycles. The molecule has 0 radical (unpaired) electrons. The van der Waals surface area contributed by atoms with Gasteiger partial charge in [0.25, 0.3) is 0 Å². The van der Waals surface area contributed by atoms with Crippen molar-refractivity contribution in [3.8, 4) is 0 Å². The molecule has 29 heavy (non-hydrogen) atoms. The van der Waals surface area contributed by atoms with Crippen LogP contribution in [0.1, 0.15) is 0 Å². The van der Waals surface area contributed by atoms with E-state index in [2.05, 4.69) is 121 Å². The minimum atomic E-state index is -2.20. The summed E-state index contributed by atoms with van der Waals surface area (Å²) < 4.78 is 6.84. The zero-order valence-corrected chi connectivity index (χ0v) is 17.6. The minimum absolute atomic E-state index is 1.08. The maximum Gasteiger partial charge on any atom is 0.116 e. The first-order valence-corrected chi connectivity index (χ1v) is 12.2. The van der Waals surface area contributed by atoms with Gasteiger partial charge >= 0.3 is 0 Å². The standard InChI is InChI=1S/C26H20NPS/c1-4-13-22(14-5-1)28(23-15-6-2-7-16-23,24-17-8-3-9-18-24)27-26-20-21-12-10-11-19-25(21)29-26/h1-20H. The topological polar surface area (TPSA) is 12.4 Å². The van der Waals surface area contributed by atoms with Crippen LogP contribution in [0.15, 0.2) is 126 Å². The van der Waals surface area contributed by atoms with Crippen LogP contribution in [0.2, 0.25) is 0 Å². The Morgan fingerprint density at radius 2 is 0.966 bits per heavy atom. The van der Waals surface area contributed by atoms with Crippen molar-refractivity contribution >= 4 is 49.4 Å². The molecule has 0 N–H and O–H groups in total. The first-order chi connectivity index (χ1) is 14.4. The molecule has 4 aromatic carbocycles. The van der Waals surface area contributed by atoms with Gasteiger partial charge in [0.05, 0.1) is 7.05 Å². The molecule has 1 nitrogen and oxygen atoms in total. The molecule has 0 spiro atoms. The van der Waals surface area contributed by atoms with Gasteiger partial charge in [0.1, 0.15) is 5.00 Å². The highest BCUT2D eigenvalue weighted by atomic mass is 32.1. The Bertz CT molecular complexity index is 1160. The highest BCUT2D eigenvalue weighted by molar-refractivity contribution is 7.87. The fourth-order valence-corrected chi connectivity index (χ4v) is 8.46. The van der Waals surface area contributed by atoms with Crippen LogP contribution in [0.5, 0.6) is 0 Å². The third-order valence-corrected chi connectivity index (χ3v) is 9.85. The van der Waals surface area contributed by atoms with Crippen LogP contribution < -0.4 is 15.9 Å². The summed E-state index contributed by atoms with van der Waals surface area (Å²) in [5, 5.41) is 6.15. The van der Waals surface area contributed by atoms with Gasteiger partial charge in [0.15, 0.2) is 0 Å². The number of hydrogen-bond donors (Lipinski definition) is 0. The zero-order chi connectivity index (χ0) is 19.5. The summed E-state index contributed by atoms with van der Waals surface area (Å²) >= 11 is 1.77. The highest BCUT2D eigenvalue weighted by Gasteiger charge is 2.27. The van der Waals surface area contributed by atoms with Crippen molar-refractivity contribution in [2.45, 2.75) is 0 Å². The van der Waals surface area contributed by atoms with Crippen LogP contribution in [0, 0.1) is 0 Å². The predicted molar refractivity (Wildman–Crippen MR) is 129 cm³/mol. The van der Waals surface area contributed by atoms with Crippen LogP contribution >= 0.6 is 18.4 Å². The molecule has 0 amide bonds. The fourth-order valence-electron chi connectivity index (χ4n) is 3.72. The molecule has 1 heterocycles. The first-order valence-electron chi connectivity index (χ1n) is 9.64. The van der Waals surface area contributed by atoms with Gasteiger partial charge in [-0.3, -0.25) is 0 Å². The van der Waals surface area contributed by atoms with Crippen LogP contribution in [0.4, 0.5) is 5.00 Å². The Kier molecular flexibility index (Phi) is 4.89. The molecule has 0 fully saturated rings. The molecule has 0 aliphatic rings. The summed E-state index contributed by atoms with van der Waals surface area (Å²) in [5.41, 5.74) is 0. The van der Waals surface area contributed by atoms with E-state index in [1.165, 1.54) is 26.0 Å². The Balaban J connectivity index is 1.90. The molecule has 5 aromatic rings. The monoisotopic (exact) mass is 409 g/mol. The number of nitrogens with zero attached hydrogens (tertiary/aromatic N) is 1. The number of hydrogen-bond acceptors (Lipinski definition) is 2. The Labute approximate surface area is 175 Å². The molecule has 0 atom stereocenters. The SMILES string of the molecule is c1ccc(P(=Nc2cc3ccccc3s2)(c2ccccc2)c2ccccc2)cc1. The number of benzene rings is 4. The van der Waals surface area contributed by atoms with Gasteiger partial charge in [0, 0.05) is 20.6 Å². The maximum atomic E-state index is 5.57. The van der Waals surface area contributed by atoms with E-state index < -0.39 is 7.05 Å². The fraction of sp³-hybridized carbons (Fsp3) is 0. The smallest absolute Gasteiger partial charge is 0.116 e. The lowest BCUT2D eigenvalue weighted by Gasteiger charge is -2.26. The van der Waals surface area contributed by atoms with E-state index >= 15 is 0 Å². The van der Waals surface area contributed by atoms with E-state index in [4.69, 9.17) is 4.74 Å². The second-order valence-electron chi connectivity index (χ2n) is 6.86. The van der Waals surface area contributed by atoms with Crippen LogP contribution in [0.3, 0.4) is 0 Å². The van der Waals surface area contributed by atoms with Gasteiger partial charge in [-0.2, -0.15) is 0 Å². The molecule has 140 valence electrons. The van der Waals surface area contributed by atoms with Crippen molar-refractivity contribution in [2.24, 2.45) is 4.74 Å². The van der Waals surface area contributed by atoms with E-state index in [9.17, 15) is 0 Å². The predicted octanol–water partition coefficient (Wildman–Crippen LogP) is 6.71. The van der Waals surface area contributed by atoms with E-state index in [1.807, 2.05) is 0 Å². The van der Waals surface area contributed by atoms with E-state index in [0.717, 1.165) is 5.00 Å². The summed E-state index contributed by atoms with van der Waals surface area (Å²) in [4.78, 5) is 0. The number of rotatable bonds is 4. The van der Waals surface area contributed by atoms with Crippen LogP contribution in [-0.4, -0.2) is 0 Å². The Hall–Kier alpha value is -2.93. The zero-order valence-electron chi connectivity index (χ0n) is 15.8. The quantitative estimate of drug-likeness (QED) is 0.293. The molecule has 0 aliphatic carbocycles. The molecular weight excluding hydrogens is 389 g/mol. The van der Waals surface area contributed by atoms with Crippen molar-refractivity contribution in [2.75, 3.05) is 0 Å². The average Bonchev–Trinajstić information content (AvgIpc) is 3.22. The van der Waals surface area contributed by atoms with Crippen LogP contribution in [-0.2, 0) is 0 Å². The van der Waals surface area contributed by atoms with Crippen molar-refractivity contribution < 1.29 is 0 Å². The van der Waals surface area contributed by atoms with E-state index in [1.54, 1.807) is 11.3 Å². The minimum Gasteiger partial charge on any atom is -0.243 e. The third kappa shape index (κ3) is 3.35. The Morgan fingerprint density at radius 1 is 0.517 bits per heavy atom. The summed E-state index contributed by atoms with van der Waals surface area (Å²) in [6.45, 7) is 0. The van der Waals surface area contributed by atoms with E-state index in [0.29, 0.717) is 0 Å². The summed E-state index contributed by atoms with van der Waals surface area (Å²) in [6.07, 6.45) is 0. The average molecular weight is 409 g/mol. The molecule has 5 rings (SSSR count). The highest BCUT2D eigenvalue weighted by Crippen LogP contribution is 2.51. The second-order valence-corrected chi connectivity index (χ2v) is 10.9. The van der Waals surface area contributed by atoms with Crippen molar-refractivity contribution in [1.82, 2.24) is 0 Å². The largest absolute Gasteiger partial charge is 0.243 e. The van der Waals surface area contributed by atoms with Gasteiger partial charge in [0.2, 0.25) is 0 Å². The molecular formula is C26H20NPS. The van der Waals surface area contributed by atoms with Gasteiger partial charge < -0.3 is 0 Å².